The van der Waals surface area contributed by atoms with Gasteiger partial charge in [-0.25, -0.2) is 0 Å². The van der Waals surface area contributed by atoms with Crippen molar-refractivity contribution in [3.63, 3.8) is 0 Å². The van der Waals surface area contributed by atoms with Crippen LogP contribution in [-0.4, -0.2) is 18.4 Å². The van der Waals surface area contributed by atoms with E-state index in [1.54, 1.807) is 0 Å². The molecule has 1 atom stereocenters. The van der Waals surface area contributed by atoms with Gasteiger partial charge in [0.1, 0.15) is 0 Å². The number of nitrogens with two attached hydrogens (primary N) is 1. The van der Waals surface area contributed by atoms with Crippen molar-refractivity contribution in [2.24, 2.45) is 11.7 Å². The minimum Gasteiger partial charge on any atom is -0.350 e. The van der Waals surface area contributed by atoms with Gasteiger partial charge < -0.3 is 16.4 Å². The zero-order valence-electron chi connectivity index (χ0n) is 14.5. The van der Waals surface area contributed by atoms with Gasteiger partial charge in [0, 0.05) is 18.0 Å². The van der Waals surface area contributed by atoms with Crippen molar-refractivity contribution in [1.82, 2.24) is 5.32 Å². The van der Waals surface area contributed by atoms with Gasteiger partial charge in [-0.15, -0.1) is 0 Å². The van der Waals surface area contributed by atoms with Crippen LogP contribution in [0.3, 0.4) is 0 Å². The number of anilines is 1. The van der Waals surface area contributed by atoms with Crippen LogP contribution in [0.2, 0.25) is 0 Å². The molecule has 1 unspecified atom stereocenters. The summed E-state index contributed by atoms with van der Waals surface area (Å²) in [6.07, 6.45) is 6.64. The van der Waals surface area contributed by atoms with Crippen molar-refractivity contribution < 1.29 is 9.59 Å². The van der Waals surface area contributed by atoms with E-state index in [4.69, 9.17) is 5.73 Å². The molecule has 0 aliphatic heterocycles. The van der Waals surface area contributed by atoms with Crippen LogP contribution < -0.4 is 16.4 Å². The molecular formula is C19H29N3O2. The van der Waals surface area contributed by atoms with Crippen molar-refractivity contribution in [2.75, 3.05) is 11.9 Å². The smallest absolute Gasteiger partial charge is 0.227 e. The first-order chi connectivity index (χ1) is 11.6. The highest BCUT2D eigenvalue weighted by atomic mass is 16.2. The van der Waals surface area contributed by atoms with Crippen molar-refractivity contribution in [2.45, 2.75) is 57.9 Å². The Morgan fingerprint density at radius 2 is 1.79 bits per heavy atom. The molecule has 0 radical (unpaired) electrons. The van der Waals surface area contributed by atoms with E-state index in [2.05, 4.69) is 10.6 Å². The molecule has 0 saturated heterocycles. The lowest BCUT2D eigenvalue weighted by molar-refractivity contribution is -0.122. The van der Waals surface area contributed by atoms with Crippen molar-refractivity contribution in [3.05, 3.63) is 29.8 Å². The Kier molecular flexibility index (Phi) is 7.25. The second-order valence-electron chi connectivity index (χ2n) is 6.63. The quantitative estimate of drug-likeness (QED) is 0.576. The second-order valence-corrected chi connectivity index (χ2v) is 6.63. The highest BCUT2D eigenvalue weighted by molar-refractivity contribution is 5.94. The van der Waals surface area contributed by atoms with E-state index in [9.17, 15) is 9.59 Å². The van der Waals surface area contributed by atoms with E-state index in [1.165, 1.54) is 0 Å². The molecule has 24 heavy (non-hydrogen) atoms. The molecule has 1 aromatic carbocycles. The molecule has 1 saturated carbocycles. The molecule has 2 rings (SSSR count). The Balaban J connectivity index is 1.72. The summed E-state index contributed by atoms with van der Waals surface area (Å²) in [5, 5.41) is 5.94. The summed E-state index contributed by atoms with van der Waals surface area (Å²) in [7, 11) is 0. The molecule has 5 heteroatoms. The van der Waals surface area contributed by atoms with Crippen molar-refractivity contribution >= 4 is 17.5 Å². The Morgan fingerprint density at radius 3 is 2.42 bits per heavy atom. The predicted molar refractivity (Wildman–Crippen MR) is 96.5 cm³/mol. The number of rotatable bonds is 10. The lowest BCUT2D eigenvalue weighted by atomic mass is 10.1. The normalized spacial score (nSPS) is 14.9. The molecule has 0 heterocycles. The molecule has 1 aliphatic rings. The molecule has 1 aromatic rings. The topological polar surface area (TPSA) is 84.2 Å². The summed E-state index contributed by atoms with van der Waals surface area (Å²) in [5.74, 6) is 0.396. The second kappa shape index (κ2) is 9.42. The van der Waals surface area contributed by atoms with Gasteiger partial charge in [0.05, 0.1) is 6.04 Å². The number of carbonyl (C=O) groups excluding carboxylic acids is 2. The molecular weight excluding hydrogens is 302 g/mol. The summed E-state index contributed by atoms with van der Waals surface area (Å²) in [6, 6.07) is 7.66. The Morgan fingerprint density at radius 1 is 1.12 bits per heavy atom. The van der Waals surface area contributed by atoms with Gasteiger partial charge in [-0.3, -0.25) is 9.59 Å². The fourth-order valence-electron chi connectivity index (χ4n) is 2.63. The maximum absolute atomic E-state index is 12.0. The first kappa shape index (κ1) is 18.5. The molecule has 1 aliphatic carbocycles. The third-order valence-electron chi connectivity index (χ3n) is 4.36. The maximum atomic E-state index is 12.0. The summed E-state index contributed by atoms with van der Waals surface area (Å²) in [6.45, 7) is 2.70. The van der Waals surface area contributed by atoms with Gasteiger partial charge in [0.15, 0.2) is 0 Å². The summed E-state index contributed by atoms with van der Waals surface area (Å²) in [4.78, 5) is 23.7. The zero-order valence-corrected chi connectivity index (χ0v) is 14.5. The maximum Gasteiger partial charge on any atom is 0.227 e. The highest BCUT2D eigenvalue weighted by Crippen LogP contribution is 2.30. The summed E-state index contributed by atoms with van der Waals surface area (Å²) in [5.41, 5.74) is 7.31. The van der Waals surface area contributed by atoms with Gasteiger partial charge in [0.2, 0.25) is 11.8 Å². The van der Waals surface area contributed by atoms with Gasteiger partial charge in [-0.2, -0.15) is 0 Å². The molecule has 1 fully saturated rings. The van der Waals surface area contributed by atoms with Gasteiger partial charge in [-0.05, 0) is 56.8 Å². The predicted octanol–water partition coefficient (Wildman–Crippen LogP) is 3.12. The number of hydrogen-bond donors (Lipinski definition) is 3. The number of unbranched alkanes of at least 4 members (excludes halogenated alkanes) is 3. The minimum atomic E-state index is -0.0327. The molecule has 2 amide bonds. The number of nitrogens with one attached hydrogen (secondary N) is 2. The molecule has 0 aromatic heterocycles. The Labute approximate surface area is 144 Å². The fourth-order valence-corrected chi connectivity index (χ4v) is 2.63. The lowest BCUT2D eigenvalue weighted by Gasteiger charge is -2.15. The molecule has 5 nitrogen and oxygen atoms in total. The Hall–Kier alpha value is -1.88. The standard InChI is InChI=1S/C19H29N3O2/c1-14(21-18(23)6-4-2-3-5-13-20)15-9-11-17(12-10-15)22-19(24)16-7-8-16/h9-12,14,16H,2-8,13,20H2,1H3,(H,21,23)(H,22,24). The van der Waals surface area contributed by atoms with E-state index >= 15 is 0 Å². The van der Waals surface area contributed by atoms with Crippen LogP contribution in [0, 0.1) is 5.92 Å². The van der Waals surface area contributed by atoms with Crippen LogP contribution in [0.5, 0.6) is 0 Å². The first-order valence-electron chi connectivity index (χ1n) is 9.00. The van der Waals surface area contributed by atoms with Crippen molar-refractivity contribution in [3.8, 4) is 0 Å². The van der Waals surface area contributed by atoms with Crippen LogP contribution in [0.15, 0.2) is 24.3 Å². The minimum absolute atomic E-state index is 0.0327. The van der Waals surface area contributed by atoms with Gasteiger partial charge >= 0.3 is 0 Å². The van der Waals surface area contributed by atoms with Crippen LogP contribution in [0.1, 0.15) is 63.5 Å². The van der Waals surface area contributed by atoms with Crippen LogP contribution >= 0.6 is 0 Å². The lowest BCUT2D eigenvalue weighted by Crippen LogP contribution is -2.26. The monoisotopic (exact) mass is 331 g/mol. The Bertz CT molecular complexity index is 538. The zero-order chi connectivity index (χ0) is 17.4. The van der Waals surface area contributed by atoms with Crippen LogP contribution in [-0.2, 0) is 9.59 Å². The molecule has 132 valence electrons. The SMILES string of the molecule is CC(NC(=O)CCCCCCN)c1ccc(NC(=O)C2CC2)cc1. The van der Waals surface area contributed by atoms with E-state index in [0.717, 1.165) is 56.3 Å². The number of benzene rings is 1. The first-order valence-corrected chi connectivity index (χ1v) is 9.00. The third kappa shape index (κ3) is 6.32. The van der Waals surface area contributed by atoms with E-state index in [1.807, 2.05) is 31.2 Å². The van der Waals surface area contributed by atoms with Crippen LogP contribution in [0.25, 0.3) is 0 Å². The number of amides is 2. The van der Waals surface area contributed by atoms with Crippen LogP contribution in [0.4, 0.5) is 5.69 Å². The van der Waals surface area contributed by atoms with Gasteiger partial charge in [0.25, 0.3) is 0 Å². The largest absolute Gasteiger partial charge is 0.350 e. The molecule has 4 N–H and O–H groups in total. The van der Waals surface area contributed by atoms with E-state index in [0.29, 0.717) is 6.42 Å². The van der Waals surface area contributed by atoms with E-state index in [-0.39, 0.29) is 23.8 Å². The summed E-state index contributed by atoms with van der Waals surface area (Å²) >= 11 is 0. The molecule has 0 bridgehead atoms. The third-order valence-corrected chi connectivity index (χ3v) is 4.36. The van der Waals surface area contributed by atoms with Gasteiger partial charge in [-0.1, -0.05) is 25.0 Å². The number of hydrogen-bond acceptors (Lipinski definition) is 3. The molecule has 0 spiro atoms. The summed E-state index contributed by atoms with van der Waals surface area (Å²) < 4.78 is 0. The number of carbonyl (C=O) groups is 2. The van der Waals surface area contributed by atoms with Crippen molar-refractivity contribution in [1.29, 1.82) is 0 Å². The fraction of sp³-hybridized carbons (Fsp3) is 0.579. The average molecular weight is 331 g/mol. The highest BCUT2D eigenvalue weighted by Gasteiger charge is 2.29. The average Bonchev–Trinajstić information content (AvgIpc) is 3.40. The van der Waals surface area contributed by atoms with E-state index < -0.39 is 0 Å².